The predicted molar refractivity (Wildman–Crippen MR) is 139 cm³/mol. The van der Waals surface area contributed by atoms with Crippen LogP contribution in [0.3, 0.4) is 0 Å². The lowest BCUT2D eigenvalue weighted by Crippen LogP contribution is -2.36. The number of nitrogens with zero attached hydrogens (tertiary/aromatic N) is 1. The molecule has 2 nitrogen and oxygen atoms in total. The van der Waals surface area contributed by atoms with Gasteiger partial charge >= 0.3 is 0 Å². The Hall–Kier alpha value is -0.400. The van der Waals surface area contributed by atoms with Gasteiger partial charge in [0.25, 0.3) is 0 Å². The van der Waals surface area contributed by atoms with Crippen molar-refractivity contribution in [1.29, 1.82) is 0 Å². The Morgan fingerprint density at radius 2 is 1.19 bits per heavy atom. The van der Waals surface area contributed by atoms with Crippen LogP contribution in [0.2, 0.25) is 0 Å². The van der Waals surface area contributed by atoms with Gasteiger partial charge in [-0.15, -0.1) is 0 Å². The zero-order valence-corrected chi connectivity index (χ0v) is 21.8. The average Bonchev–Trinajstić information content (AvgIpc) is 2.78. The standard InChI is InChI=1S/C29H57NO/c1-4-6-7-19-24-28(5-2)29(30-31)25-20-15-11-8-9-13-17-22-27(3)23-18-14-10-12-16-21-26-29/h27-28H,4-26H2,1-3H3. The van der Waals surface area contributed by atoms with Crippen LogP contribution in [-0.2, 0) is 0 Å². The van der Waals surface area contributed by atoms with Gasteiger partial charge in [-0.3, -0.25) is 0 Å². The van der Waals surface area contributed by atoms with E-state index < -0.39 is 0 Å². The highest BCUT2D eigenvalue weighted by atomic mass is 16.3. The van der Waals surface area contributed by atoms with E-state index in [1.165, 1.54) is 128 Å². The van der Waals surface area contributed by atoms with Crippen LogP contribution in [0, 0.1) is 16.7 Å². The van der Waals surface area contributed by atoms with Crippen molar-refractivity contribution in [3.05, 3.63) is 4.91 Å². The second-order valence-electron chi connectivity index (χ2n) is 10.9. The van der Waals surface area contributed by atoms with Crippen LogP contribution < -0.4 is 0 Å². The molecule has 0 aromatic carbocycles. The molecule has 0 radical (unpaired) electrons. The Balaban J connectivity index is 2.64. The number of nitroso groups, excluding NO2 is 1. The summed E-state index contributed by atoms with van der Waals surface area (Å²) in [6, 6.07) is 0. The second-order valence-corrected chi connectivity index (χ2v) is 10.9. The van der Waals surface area contributed by atoms with Crippen molar-refractivity contribution in [2.45, 2.75) is 174 Å². The topological polar surface area (TPSA) is 29.4 Å². The molecule has 31 heavy (non-hydrogen) atoms. The highest BCUT2D eigenvalue weighted by Crippen LogP contribution is 2.39. The highest BCUT2D eigenvalue weighted by molar-refractivity contribution is 4.94. The van der Waals surface area contributed by atoms with E-state index in [1.54, 1.807) is 0 Å². The Labute approximate surface area is 196 Å². The van der Waals surface area contributed by atoms with Gasteiger partial charge in [0, 0.05) is 0 Å². The number of rotatable bonds is 8. The minimum Gasteiger partial charge on any atom is -0.150 e. The SMILES string of the molecule is CCCCCCC(CC)C1(N=O)CCCCCCCCCC(C)CCCCCCCC1. The van der Waals surface area contributed by atoms with Crippen LogP contribution in [-0.4, -0.2) is 5.54 Å². The molecule has 1 aliphatic rings. The highest BCUT2D eigenvalue weighted by Gasteiger charge is 2.38. The third-order valence-electron chi connectivity index (χ3n) is 8.20. The first-order chi connectivity index (χ1) is 15.2. The van der Waals surface area contributed by atoms with Gasteiger partial charge in [-0.05, 0) is 31.1 Å². The van der Waals surface area contributed by atoms with E-state index in [0.717, 1.165) is 25.2 Å². The molecule has 0 spiro atoms. The van der Waals surface area contributed by atoms with Crippen LogP contribution in [0.15, 0.2) is 5.18 Å². The Kier molecular flexibility index (Phi) is 17.6. The van der Waals surface area contributed by atoms with Gasteiger partial charge in [0.15, 0.2) is 0 Å². The van der Waals surface area contributed by atoms with Crippen molar-refractivity contribution in [3.63, 3.8) is 0 Å². The van der Waals surface area contributed by atoms with Gasteiger partial charge < -0.3 is 0 Å². The summed E-state index contributed by atoms with van der Waals surface area (Å²) in [6.07, 6.45) is 30.0. The van der Waals surface area contributed by atoms with Crippen LogP contribution >= 0.6 is 0 Å². The van der Waals surface area contributed by atoms with Gasteiger partial charge in [0.1, 0.15) is 5.54 Å². The van der Waals surface area contributed by atoms with Crippen LogP contribution in [0.5, 0.6) is 0 Å². The van der Waals surface area contributed by atoms with Gasteiger partial charge in [0.05, 0.1) is 0 Å². The number of unbranched alkanes of at least 4 members (excludes halogenated alkanes) is 3. The Morgan fingerprint density at radius 3 is 1.65 bits per heavy atom. The van der Waals surface area contributed by atoms with E-state index in [2.05, 4.69) is 25.9 Å². The summed E-state index contributed by atoms with van der Waals surface area (Å²) >= 11 is 0. The molecule has 0 amide bonds. The van der Waals surface area contributed by atoms with E-state index in [0.29, 0.717) is 5.92 Å². The molecular weight excluding hydrogens is 378 g/mol. The van der Waals surface area contributed by atoms with Crippen molar-refractivity contribution in [1.82, 2.24) is 0 Å². The average molecular weight is 436 g/mol. The summed E-state index contributed by atoms with van der Waals surface area (Å²) in [5.74, 6) is 1.42. The van der Waals surface area contributed by atoms with Gasteiger partial charge in [0.2, 0.25) is 0 Å². The predicted octanol–water partition coefficient (Wildman–Crippen LogP) is 10.8. The molecule has 1 aliphatic carbocycles. The molecule has 1 rings (SSSR count). The first kappa shape index (κ1) is 28.6. The maximum Gasteiger partial charge on any atom is 0.105 e. The van der Waals surface area contributed by atoms with Gasteiger partial charge in [-0.2, -0.15) is 4.91 Å². The summed E-state index contributed by atoms with van der Waals surface area (Å²) < 4.78 is 0. The zero-order valence-electron chi connectivity index (χ0n) is 21.8. The van der Waals surface area contributed by atoms with E-state index >= 15 is 0 Å². The molecular formula is C29H57NO. The smallest absolute Gasteiger partial charge is 0.105 e. The minimum absolute atomic E-state index is 0.278. The summed E-state index contributed by atoms with van der Waals surface area (Å²) in [4.78, 5) is 12.3. The van der Waals surface area contributed by atoms with Crippen molar-refractivity contribution in [2.24, 2.45) is 17.0 Å². The van der Waals surface area contributed by atoms with Crippen molar-refractivity contribution >= 4 is 0 Å². The lowest BCUT2D eigenvalue weighted by molar-refractivity contribution is 0.199. The first-order valence-corrected chi connectivity index (χ1v) is 14.5. The fourth-order valence-electron chi connectivity index (χ4n) is 5.95. The third kappa shape index (κ3) is 13.0. The molecule has 0 aromatic rings. The van der Waals surface area contributed by atoms with Crippen LogP contribution in [0.25, 0.3) is 0 Å². The maximum absolute atomic E-state index is 12.3. The minimum atomic E-state index is -0.278. The molecule has 1 saturated carbocycles. The number of hydrogen-bond donors (Lipinski definition) is 0. The van der Waals surface area contributed by atoms with Crippen LogP contribution in [0.1, 0.15) is 168 Å². The summed E-state index contributed by atoms with van der Waals surface area (Å²) in [7, 11) is 0. The molecule has 184 valence electrons. The molecule has 0 saturated heterocycles. The summed E-state index contributed by atoms with van der Waals surface area (Å²) in [5, 5.41) is 3.95. The molecule has 0 aromatic heterocycles. The van der Waals surface area contributed by atoms with Crippen molar-refractivity contribution in [3.8, 4) is 0 Å². The largest absolute Gasteiger partial charge is 0.150 e. The fourth-order valence-corrected chi connectivity index (χ4v) is 5.95. The third-order valence-corrected chi connectivity index (χ3v) is 8.20. The molecule has 0 N–H and O–H groups in total. The normalized spacial score (nSPS) is 27.5. The molecule has 3 atom stereocenters. The van der Waals surface area contributed by atoms with E-state index in [9.17, 15) is 4.91 Å². The first-order valence-electron chi connectivity index (χ1n) is 14.5. The molecule has 0 heterocycles. The molecule has 2 heteroatoms. The lowest BCUT2D eigenvalue weighted by Gasteiger charge is -2.35. The van der Waals surface area contributed by atoms with E-state index in [1.807, 2.05) is 0 Å². The lowest BCUT2D eigenvalue weighted by atomic mass is 9.73. The fraction of sp³-hybridized carbons (Fsp3) is 1.00. The monoisotopic (exact) mass is 435 g/mol. The van der Waals surface area contributed by atoms with E-state index in [4.69, 9.17) is 0 Å². The van der Waals surface area contributed by atoms with Gasteiger partial charge in [-0.25, -0.2) is 0 Å². The molecule has 0 aliphatic heterocycles. The Morgan fingerprint density at radius 1 is 0.710 bits per heavy atom. The van der Waals surface area contributed by atoms with Crippen molar-refractivity contribution < 1.29 is 0 Å². The van der Waals surface area contributed by atoms with E-state index in [-0.39, 0.29) is 5.54 Å². The molecule has 3 unspecified atom stereocenters. The Bertz CT molecular complexity index is 410. The van der Waals surface area contributed by atoms with Gasteiger partial charge in [-0.1, -0.05) is 154 Å². The molecule has 1 fully saturated rings. The van der Waals surface area contributed by atoms with Crippen molar-refractivity contribution in [2.75, 3.05) is 0 Å². The number of hydrogen-bond acceptors (Lipinski definition) is 2. The quantitative estimate of drug-likeness (QED) is 0.275. The van der Waals surface area contributed by atoms with Crippen LogP contribution in [0.4, 0.5) is 0 Å². The summed E-state index contributed by atoms with van der Waals surface area (Å²) in [6.45, 7) is 7.04. The second kappa shape index (κ2) is 19.1. The zero-order chi connectivity index (χ0) is 22.6. The maximum atomic E-state index is 12.3. The molecule has 0 bridgehead atoms. The summed E-state index contributed by atoms with van der Waals surface area (Å²) in [5.41, 5.74) is -0.278.